The molecule has 0 aromatic rings. The van der Waals surface area contributed by atoms with Crippen LogP contribution in [0, 0.1) is 5.92 Å². The second-order valence-corrected chi connectivity index (χ2v) is 7.04. The second kappa shape index (κ2) is 7.56. The van der Waals surface area contributed by atoms with Crippen molar-refractivity contribution in [3.05, 3.63) is 0 Å². The van der Waals surface area contributed by atoms with E-state index in [1.807, 2.05) is 0 Å². The van der Waals surface area contributed by atoms with Crippen LogP contribution in [0.5, 0.6) is 0 Å². The van der Waals surface area contributed by atoms with Crippen LogP contribution in [0.1, 0.15) is 38.5 Å². The Morgan fingerprint density at radius 2 is 1.82 bits per heavy atom. The molecule has 1 rings (SSSR count). The summed E-state index contributed by atoms with van der Waals surface area (Å²) in [5.41, 5.74) is 0. The third-order valence-corrected chi connectivity index (χ3v) is 4.90. The van der Waals surface area contributed by atoms with Crippen molar-refractivity contribution in [1.29, 1.82) is 0 Å². The van der Waals surface area contributed by atoms with Gasteiger partial charge in [-0.3, -0.25) is 0 Å². The summed E-state index contributed by atoms with van der Waals surface area (Å²) in [5, 5.41) is 9.35. The summed E-state index contributed by atoms with van der Waals surface area (Å²) in [5.74, 6) is 1.05. The normalized spacial score (nSPS) is 26.0. The lowest BCUT2D eigenvalue weighted by atomic mass is 9.88. The number of aliphatic hydroxyl groups is 1. The maximum Gasteiger partial charge on any atom is 0.211 e. The number of rotatable bonds is 7. The van der Waals surface area contributed by atoms with Crippen LogP contribution in [0.3, 0.4) is 0 Å². The highest BCUT2D eigenvalue weighted by Crippen LogP contribution is 2.23. The van der Waals surface area contributed by atoms with Crippen LogP contribution in [0.15, 0.2) is 0 Å². The number of sulfonamides is 1. The predicted molar refractivity (Wildman–Crippen MR) is 69.7 cm³/mol. The minimum absolute atomic E-state index is 0.162. The van der Waals surface area contributed by atoms with Crippen molar-refractivity contribution in [3.63, 3.8) is 0 Å². The van der Waals surface area contributed by atoms with Crippen molar-refractivity contribution in [2.75, 3.05) is 18.2 Å². The third kappa shape index (κ3) is 6.60. The number of aliphatic hydroxyl groups excluding tert-OH is 1. The lowest BCUT2D eigenvalue weighted by Gasteiger charge is -2.25. The molecule has 1 aliphatic carbocycles. The minimum Gasteiger partial charge on any atom is -0.393 e. The molecule has 0 spiro atoms. The average molecular weight is 284 g/mol. The third-order valence-electron chi connectivity index (χ3n) is 3.20. The van der Waals surface area contributed by atoms with Gasteiger partial charge < -0.3 is 5.11 Å². The molecule has 1 fully saturated rings. The highest BCUT2D eigenvalue weighted by molar-refractivity contribution is 7.89. The molecule has 17 heavy (non-hydrogen) atoms. The van der Waals surface area contributed by atoms with Gasteiger partial charge >= 0.3 is 0 Å². The van der Waals surface area contributed by atoms with Crippen LogP contribution in [0.2, 0.25) is 0 Å². The van der Waals surface area contributed by atoms with Gasteiger partial charge in [0.05, 0.1) is 11.9 Å². The van der Waals surface area contributed by atoms with Gasteiger partial charge in [-0.2, -0.15) is 0 Å². The first kappa shape index (κ1) is 15.2. The summed E-state index contributed by atoms with van der Waals surface area (Å²) in [7, 11) is -3.14. The standard InChI is InChI=1S/C11H22ClNO3S/c12-7-1-2-8-17(15,16)13-9-10-3-5-11(14)6-4-10/h10-11,13-14H,1-9H2. The van der Waals surface area contributed by atoms with E-state index in [2.05, 4.69) is 4.72 Å². The predicted octanol–water partition coefficient (Wildman–Crippen LogP) is 1.48. The highest BCUT2D eigenvalue weighted by Gasteiger charge is 2.20. The van der Waals surface area contributed by atoms with Crippen LogP contribution < -0.4 is 4.72 Å². The Balaban J connectivity index is 2.20. The molecule has 1 saturated carbocycles. The molecule has 0 heterocycles. The molecule has 0 bridgehead atoms. The number of alkyl halides is 1. The van der Waals surface area contributed by atoms with Crippen molar-refractivity contribution in [3.8, 4) is 0 Å². The summed E-state index contributed by atoms with van der Waals surface area (Å²) >= 11 is 5.50. The van der Waals surface area contributed by atoms with Gasteiger partial charge in [0.1, 0.15) is 0 Å². The molecule has 0 aliphatic heterocycles. The smallest absolute Gasteiger partial charge is 0.211 e. The molecular formula is C11H22ClNO3S. The Hall–Kier alpha value is 0.160. The van der Waals surface area contributed by atoms with Crippen molar-refractivity contribution in [2.24, 2.45) is 5.92 Å². The van der Waals surface area contributed by atoms with Gasteiger partial charge in [-0.1, -0.05) is 0 Å². The zero-order valence-corrected chi connectivity index (χ0v) is 11.6. The molecule has 0 unspecified atom stereocenters. The van der Waals surface area contributed by atoms with Crippen LogP contribution in [-0.2, 0) is 10.0 Å². The van der Waals surface area contributed by atoms with Gasteiger partial charge in [0.2, 0.25) is 10.0 Å². The molecule has 0 radical (unpaired) electrons. The fourth-order valence-electron chi connectivity index (χ4n) is 2.05. The van der Waals surface area contributed by atoms with E-state index >= 15 is 0 Å². The molecule has 0 saturated heterocycles. The second-order valence-electron chi connectivity index (χ2n) is 4.74. The Labute approximate surface area is 109 Å². The van der Waals surface area contributed by atoms with Gasteiger partial charge in [-0.25, -0.2) is 13.1 Å². The van der Waals surface area contributed by atoms with Crippen LogP contribution in [0.4, 0.5) is 0 Å². The highest BCUT2D eigenvalue weighted by atomic mass is 35.5. The number of unbranched alkanes of at least 4 members (excludes halogenated alkanes) is 1. The number of nitrogens with one attached hydrogen (secondary N) is 1. The quantitative estimate of drug-likeness (QED) is 0.549. The van der Waals surface area contributed by atoms with Gasteiger partial charge in [0.25, 0.3) is 0 Å². The molecule has 2 N–H and O–H groups in total. The van der Waals surface area contributed by atoms with E-state index in [-0.39, 0.29) is 11.9 Å². The minimum atomic E-state index is -3.14. The average Bonchev–Trinajstić information content (AvgIpc) is 2.29. The van der Waals surface area contributed by atoms with Crippen LogP contribution in [0.25, 0.3) is 0 Å². The molecule has 0 amide bonds. The van der Waals surface area contributed by atoms with E-state index in [1.54, 1.807) is 0 Å². The van der Waals surface area contributed by atoms with Gasteiger partial charge in [-0.15, -0.1) is 11.6 Å². The molecule has 0 aromatic carbocycles. The summed E-state index contributed by atoms with van der Waals surface area (Å²) < 4.78 is 25.9. The summed E-state index contributed by atoms with van der Waals surface area (Å²) in [4.78, 5) is 0. The first-order valence-electron chi connectivity index (χ1n) is 6.25. The fourth-order valence-corrected chi connectivity index (χ4v) is 3.46. The van der Waals surface area contributed by atoms with E-state index in [9.17, 15) is 13.5 Å². The Bertz CT molecular complexity index is 300. The van der Waals surface area contributed by atoms with Crippen molar-refractivity contribution in [1.82, 2.24) is 4.72 Å². The maximum atomic E-state index is 11.6. The first-order chi connectivity index (χ1) is 8.03. The molecule has 4 nitrogen and oxygen atoms in total. The van der Waals surface area contributed by atoms with E-state index < -0.39 is 10.0 Å². The van der Waals surface area contributed by atoms with E-state index in [0.29, 0.717) is 24.8 Å². The molecule has 6 heteroatoms. The van der Waals surface area contributed by atoms with Crippen molar-refractivity contribution >= 4 is 21.6 Å². The lowest BCUT2D eigenvalue weighted by Crippen LogP contribution is -2.33. The first-order valence-corrected chi connectivity index (χ1v) is 8.43. The molecule has 1 aliphatic rings. The zero-order chi connectivity index (χ0) is 12.7. The largest absolute Gasteiger partial charge is 0.393 e. The van der Waals surface area contributed by atoms with Gasteiger partial charge in [0.15, 0.2) is 0 Å². The monoisotopic (exact) mass is 283 g/mol. The van der Waals surface area contributed by atoms with Gasteiger partial charge in [0, 0.05) is 12.4 Å². The Morgan fingerprint density at radius 1 is 1.18 bits per heavy atom. The number of hydrogen-bond acceptors (Lipinski definition) is 3. The zero-order valence-electron chi connectivity index (χ0n) is 10.1. The Morgan fingerprint density at radius 3 is 2.41 bits per heavy atom. The van der Waals surface area contributed by atoms with Crippen LogP contribution in [-0.4, -0.2) is 37.8 Å². The van der Waals surface area contributed by atoms with E-state index in [1.165, 1.54) is 0 Å². The van der Waals surface area contributed by atoms with Gasteiger partial charge in [-0.05, 0) is 44.4 Å². The van der Waals surface area contributed by atoms with E-state index in [0.717, 1.165) is 32.1 Å². The molecule has 102 valence electrons. The maximum absolute atomic E-state index is 11.6. The summed E-state index contributed by atoms with van der Waals surface area (Å²) in [6, 6.07) is 0. The van der Waals surface area contributed by atoms with Crippen molar-refractivity contribution < 1.29 is 13.5 Å². The van der Waals surface area contributed by atoms with E-state index in [4.69, 9.17) is 11.6 Å². The number of halogens is 1. The summed E-state index contributed by atoms with van der Waals surface area (Å²) in [6.45, 7) is 0.510. The number of hydrogen-bond donors (Lipinski definition) is 2. The Kier molecular flexibility index (Phi) is 6.77. The van der Waals surface area contributed by atoms with Crippen LogP contribution >= 0.6 is 11.6 Å². The molecule has 0 atom stereocenters. The topological polar surface area (TPSA) is 66.4 Å². The fraction of sp³-hybridized carbons (Fsp3) is 1.00. The molecule has 0 aromatic heterocycles. The lowest BCUT2D eigenvalue weighted by molar-refractivity contribution is 0.109. The van der Waals surface area contributed by atoms with Crippen molar-refractivity contribution in [2.45, 2.75) is 44.6 Å². The SMILES string of the molecule is O=S(=O)(CCCCCl)NCC1CCC(O)CC1. The molecular weight excluding hydrogens is 262 g/mol. The summed E-state index contributed by atoms with van der Waals surface area (Å²) in [6.07, 6.45) is 4.56.